The van der Waals surface area contributed by atoms with Crippen LogP contribution in [0, 0.1) is 0 Å². The molecule has 1 aliphatic rings. The molecule has 2 aromatic heterocycles. The normalized spacial score (nSPS) is 25.0. The molecule has 21 heavy (non-hydrogen) atoms. The van der Waals surface area contributed by atoms with Crippen LogP contribution in [0.3, 0.4) is 0 Å². The molecule has 1 saturated carbocycles. The average molecular weight is 372 g/mol. The molecule has 2 unspecified atom stereocenters. The van der Waals surface area contributed by atoms with Crippen molar-refractivity contribution in [3.05, 3.63) is 10.9 Å². The molecule has 2 aromatic rings. The smallest absolute Gasteiger partial charge is 0.164 e. The van der Waals surface area contributed by atoms with Crippen LogP contribution in [0.4, 0.5) is 5.82 Å². The van der Waals surface area contributed by atoms with Gasteiger partial charge in [-0.15, -0.1) is 0 Å². The number of aryl methyl sites for hydroxylation is 1. The van der Waals surface area contributed by atoms with E-state index in [0.29, 0.717) is 22.2 Å². The van der Waals surface area contributed by atoms with Gasteiger partial charge in [0.25, 0.3) is 0 Å². The van der Waals surface area contributed by atoms with Crippen molar-refractivity contribution in [3.8, 4) is 0 Å². The van der Waals surface area contributed by atoms with Gasteiger partial charge in [-0.1, -0.05) is 6.92 Å². The predicted octanol–water partition coefficient (Wildman–Crippen LogP) is 2.18. The topological polar surface area (TPSA) is 75.9 Å². The highest BCUT2D eigenvalue weighted by Gasteiger charge is 2.45. The number of rotatable bonds is 5. The second-order valence-electron chi connectivity index (χ2n) is 5.28. The van der Waals surface area contributed by atoms with E-state index < -0.39 is 5.60 Å². The van der Waals surface area contributed by atoms with Crippen molar-refractivity contribution in [3.63, 3.8) is 0 Å². The number of thioether (sulfide) groups is 1. The Morgan fingerprint density at radius 2 is 2.38 bits per heavy atom. The minimum atomic E-state index is -0.646. The van der Waals surface area contributed by atoms with Gasteiger partial charge in [-0.05, 0) is 34.5 Å². The molecule has 8 heteroatoms. The summed E-state index contributed by atoms with van der Waals surface area (Å²) < 4.78 is 2.42. The molecule has 0 saturated heterocycles. The highest BCUT2D eigenvalue weighted by Crippen LogP contribution is 2.41. The molecule has 3 rings (SSSR count). The second kappa shape index (κ2) is 5.73. The summed E-state index contributed by atoms with van der Waals surface area (Å²) in [6.07, 6.45) is 3.43. The number of aromatic nitrogens is 4. The number of hydrogen-bond donors (Lipinski definition) is 2. The van der Waals surface area contributed by atoms with E-state index in [9.17, 15) is 5.11 Å². The van der Waals surface area contributed by atoms with Crippen molar-refractivity contribution in [2.45, 2.75) is 30.6 Å². The third-order valence-corrected chi connectivity index (χ3v) is 5.91. The molecule has 6 nitrogen and oxygen atoms in total. The summed E-state index contributed by atoms with van der Waals surface area (Å²) in [6.45, 7) is 2.62. The Hall–Kier alpha value is -0.860. The molecule has 0 spiro atoms. The van der Waals surface area contributed by atoms with Crippen molar-refractivity contribution < 1.29 is 5.11 Å². The first-order chi connectivity index (χ1) is 10.0. The van der Waals surface area contributed by atoms with Crippen LogP contribution in [-0.2, 0) is 7.05 Å². The molecule has 0 amide bonds. The van der Waals surface area contributed by atoms with Gasteiger partial charge >= 0.3 is 0 Å². The number of hydrogen-bond acceptors (Lipinski definition) is 6. The van der Waals surface area contributed by atoms with Crippen LogP contribution in [-0.4, -0.2) is 48.0 Å². The van der Waals surface area contributed by atoms with Crippen LogP contribution >= 0.6 is 27.7 Å². The summed E-state index contributed by atoms with van der Waals surface area (Å²) in [7, 11) is 1.84. The SMILES string of the molecule is CCSC1CCC1(O)CNc1ncnc2c1c(Br)nn2C. The van der Waals surface area contributed by atoms with Gasteiger partial charge in [-0.2, -0.15) is 16.9 Å². The zero-order chi connectivity index (χ0) is 15.0. The number of nitrogens with one attached hydrogen (secondary N) is 1. The number of anilines is 1. The summed E-state index contributed by atoms with van der Waals surface area (Å²) in [5.74, 6) is 1.74. The Balaban J connectivity index is 1.80. The summed E-state index contributed by atoms with van der Waals surface area (Å²) in [5.41, 5.74) is 0.117. The van der Waals surface area contributed by atoms with Crippen LogP contribution in [0.1, 0.15) is 19.8 Å². The van der Waals surface area contributed by atoms with Gasteiger partial charge in [0.15, 0.2) is 5.65 Å². The van der Waals surface area contributed by atoms with Gasteiger partial charge in [-0.3, -0.25) is 0 Å². The van der Waals surface area contributed by atoms with E-state index >= 15 is 0 Å². The molecule has 1 aliphatic carbocycles. The lowest BCUT2D eigenvalue weighted by Gasteiger charge is -2.45. The van der Waals surface area contributed by atoms with Gasteiger partial charge in [0.05, 0.1) is 11.0 Å². The zero-order valence-electron chi connectivity index (χ0n) is 12.0. The predicted molar refractivity (Wildman–Crippen MR) is 88.6 cm³/mol. The molecule has 114 valence electrons. The number of fused-ring (bicyclic) bond motifs is 1. The summed E-state index contributed by atoms with van der Waals surface area (Å²) in [6, 6.07) is 0. The molecule has 0 aliphatic heterocycles. The number of nitrogens with zero attached hydrogens (tertiary/aromatic N) is 4. The van der Waals surface area contributed by atoms with Gasteiger partial charge in [-0.25, -0.2) is 14.6 Å². The van der Waals surface area contributed by atoms with Crippen molar-refractivity contribution >= 4 is 44.5 Å². The van der Waals surface area contributed by atoms with Gasteiger partial charge < -0.3 is 10.4 Å². The molecule has 2 atom stereocenters. The fourth-order valence-corrected chi connectivity index (χ4v) is 4.45. The van der Waals surface area contributed by atoms with E-state index in [4.69, 9.17) is 0 Å². The summed E-state index contributed by atoms with van der Waals surface area (Å²) in [4.78, 5) is 8.53. The lowest BCUT2D eigenvalue weighted by Crippen LogP contribution is -2.54. The van der Waals surface area contributed by atoms with E-state index in [2.05, 4.69) is 43.2 Å². The minimum absolute atomic E-state index is 0.310. The fourth-order valence-electron chi connectivity index (χ4n) is 2.65. The lowest BCUT2D eigenvalue weighted by atomic mass is 9.79. The maximum atomic E-state index is 10.6. The fraction of sp³-hybridized carbons (Fsp3) is 0.615. The molecule has 2 heterocycles. The van der Waals surface area contributed by atoms with E-state index in [1.165, 1.54) is 6.33 Å². The molecular formula is C13H18BrN5OS. The molecule has 0 aromatic carbocycles. The van der Waals surface area contributed by atoms with E-state index in [0.717, 1.165) is 29.6 Å². The van der Waals surface area contributed by atoms with Crippen molar-refractivity contribution in [2.75, 3.05) is 17.6 Å². The van der Waals surface area contributed by atoms with Gasteiger partial charge in [0, 0.05) is 18.8 Å². The quantitative estimate of drug-likeness (QED) is 0.838. The highest BCUT2D eigenvalue weighted by atomic mass is 79.9. The van der Waals surface area contributed by atoms with Crippen molar-refractivity contribution in [1.29, 1.82) is 0 Å². The molecule has 0 radical (unpaired) electrons. The first-order valence-electron chi connectivity index (χ1n) is 6.96. The molecule has 2 N–H and O–H groups in total. The van der Waals surface area contributed by atoms with Crippen molar-refractivity contribution in [2.24, 2.45) is 7.05 Å². The summed E-state index contributed by atoms with van der Waals surface area (Å²) >= 11 is 5.26. The maximum absolute atomic E-state index is 10.6. The van der Waals surface area contributed by atoms with Crippen LogP contribution in [0.25, 0.3) is 11.0 Å². The highest BCUT2D eigenvalue weighted by molar-refractivity contribution is 9.10. The van der Waals surface area contributed by atoms with Crippen LogP contribution < -0.4 is 5.32 Å². The monoisotopic (exact) mass is 371 g/mol. The van der Waals surface area contributed by atoms with Crippen molar-refractivity contribution in [1.82, 2.24) is 19.7 Å². The van der Waals surface area contributed by atoms with Crippen LogP contribution in [0.15, 0.2) is 10.9 Å². The van der Waals surface area contributed by atoms with Gasteiger partial charge in [0.2, 0.25) is 0 Å². The maximum Gasteiger partial charge on any atom is 0.164 e. The average Bonchev–Trinajstić information content (AvgIpc) is 2.77. The second-order valence-corrected chi connectivity index (χ2v) is 7.51. The third-order valence-electron chi connectivity index (χ3n) is 3.95. The Morgan fingerprint density at radius 3 is 3.05 bits per heavy atom. The first kappa shape index (κ1) is 15.1. The lowest BCUT2D eigenvalue weighted by molar-refractivity contribution is -0.0120. The molecular weight excluding hydrogens is 354 g/mol. The van der Waals surface area contributed by atoms with E-state index in [1.54, 1.807) is 4.68 Å². The standard InChI is InChI=1S/C13H18BrN5OS/c1-3-21-8-4-5-13(8,20)6-15-11-9-10(14)18-19(2)12(9)17-7-16-11/h7-8,20H,3-6H2,1-2H3,(H,15,16,17). The third kappa shape index (κ3) is 2.64. The van der Waals surface area contributed by atoms with Crippen LogP contribution in [0.5, 0.6) is 0 Å². The summed E-state index contributed by atoms with van der Waals surface area (Å²) in [5, 5.41) is 19.4. The number of aliphatic hydroxyl groups is 1. The Bertz CT molecular complexity index is 663. The Kier molecular flexibility index (Phi) is 4.11. The van der Waals surface area contributed by atoms with E-state index in [-0.39, 0.29) is 0 Å². The first-order valence-corrected chi connectivity index (χ1v) is 8.80. The Labute approximate surface area is 135 Å². The van der Waals surface area contributed by atoms with Crippen LogP contribution in [0.2, 0.25) is 0 Å². The van der Waals surface area contributed by atoms with Gasteiger partial charge in [0.1, 0.15) is 16.7 Å². The molecule has 0 bridgehead atoms. The zero-order valence-corrected chi connectivity index (χ0v) is 14.4. The van der Waals surface area contributed by atoms with E-state index in [1.807, 2.05) is 18.8 Å². The number of halogens is 1. The Morgan fingerprint density at radius 1 is 1.57 bits per heavy atom. The minimum Gasteiger partial charge on any atom is -0.387 e. The largest absolute Gasteiger partial charge is 0.387 e. The molecule has 1 fully saturated rings.